The Morgan fingerprint density at radius 3 is 3.05 bits per heavy atom. The Morgan fingerprint density at radius 2 is 2.32 bits per heavy atom. The van der Waals surface area contributed by atoms with Crippen molar-refractivity contribution in [2.75, 3.05) is 11.9 Å². The van der Waals surface area contributed by atoms with E-state index in [0.717, 1.165) is 18.5 Å². The number of hydrogen-bond acceptors (Lipinski definition) is 3. The van der Waals surface area contributed by atoms with Crippen LogP contribution in [0.25, 0.3) is 0 Å². The molecule has 0 bridgehead atoms. The molecule has 0 fully saturated rings. The van der Waals surface area contributed by atoms with Crippen LogP contribution in [0.4, 0.5) is 10.6 Å². The molecule has 0 aliphatic rings. The Morgan fingerprint density at radius 1 is 1.42 bits per heavy atom. The molecule has 2 N–H and O–H groups in total. The minimum Gasteiger partial charge on any atom is -0.338 e. The average Bonchev–Trinajstić information content (AvgIpc) is 2.88. The summed E-state index contributed by atoms with van der Waals surface area (Å²) in [5, 5.41) is 9.56. The topological polar surface area (TPSA) is 71.8 Å². The predicted molar refractivity (Wildman–Crippen MR) is 72.8 cm³/mol. The lowest BCUT2D eigenvalue weighted by atomic mass is 10.3. The zero-order valence-corrected chi connectivity index (χ0v) is 10.8. The molecule has 2 aromatic rings. The molecule has 0 saturated carbocycles. The Labute approximate surface area is 111 Å². The van der Waals surface area contributed by atoms with E-state index in [1.165, 1.54) is 0 Å². The van der Waals surface area contributed by atoms with Gasteiger partial charge in [-0.15, -0.1) is 0 Å². The summed E-state index contributed by atoms with van der Waals surface area (Å²) in [5.41, 5.74) is 1.06. The van der Waals surface area contributed by atoms with E-state index in [9.17, 15) is 4.79 Å². The van der Waals surface area contributed by atoms with Crippen LogP contribution in [-0.2, 0) is 6.54 Å². The van der Waals surface area contributed by atoms with Crippen LogP contribution in [0.2, 0.25) is 0 Å². The molecule has 100 valence electrons. The number of aromatic nitrogens is 3. The number of anilines is 1. The fourth-order valence-electron chi connectivity index (χ4n) is 1.64. The highest BCUT2D eigenvalue weighted by Crippen LogP contribution is 2.04. The Kier molecular flexibility index (Phi) is 4.49. The van der Waals surface area contributed by atoms with Crippen molar-refractivity contribution in [3.05, 3.63) is 42.4 Å². The first kappa shape index (κ1) is 13.1. The molecule has 2 amide bonds. The molecule has 6 heteroatoms. The molecular formula is C13H17N5O. The molecule has 0 radical (unpaired) electrons. The second kappa shape index (κ2) is 6.53. The van der Waals surface area contributed by atoms with Crippen LogP contribution < -0.4 is 10.6 Å². The number of carbonyl (C=O) groups excluding carboxylic acids is 1. The van der Waals surface area contributed by atoms with Gasteiger partial charge in [-0.05, 0) is 37.1 Å². The summed E-state index contributed by atoms with van der Waals surface area (Å²) in [6, 6.07) is 5.35. The fourth-order valence-corrected chi connectivity index (χ4v) is 1.64. The molecule has 0 saturated heterocycles. The second-order valence-corrected chi connectivity index (χ2v) is 4.22. The third kappa shape index (κ3) is 4.42. The van der Waals surface area contributed by atoms with Crippen molar-refractivity contribution in [3.63, 3.8) is 0 Å². The van der Waals surface area contributed by atoms with E-state index in [-0.39, 0.29) is 6.03 Å². The van der Waals surface area contributed by atoms with Gasteiger partial charge in [0.2, 0.25) is 0 Å². The quantitative estimate of drug-likeness (QED) is 0.804. The Bertz CT molecular complexity index is 524. The molecule has 2 aromatic heterocycles. The van der Waals surface area contributed by atoms with Crippen LogP contribution in [0.1, 0.15) is 12.0 Å². The molecule has 0 atom stereocenters. The fraction of sp³-hybridized carbons (Fsp3) is 0.308. The first-order valence-electron chi connectivity index (χ1n) is 6.19. The van der Waals surface area contributed by atoms with Gasteiger partial charge >= 0.3 is 6.03 Å². The number of amides is 2. The predicted octanol–water partition coefficient (Wildman–Crippen LogP) is 1.80. The minimum atomic E-state index is -0.237. The molecule has 2 rings (SSSR count). The van der Waals surface area contributed by atoms with Crippen molar-refractivity contribution in [1.29, 1.82) is 0 Å². The smallest absolute Gasteiger partial charge is 0.320 e. The first-order chi connectivity index (χ1) is 9.24. The van der Waals surface area contributed by atoms with Crippen molar-refractivity contribution in [1.82, 2.24) is 20.1 Å². The molecule has 0 unspecified atom stereocenters. The van der Waals surface area contributed by atoms with Gasteiger partial charge in [0, 0.05) is 31.7 Å². The van der Waals surface area contributed by atoms with Gasteiger partial charge in [-0.2, -0.15) is 5.10 Å². The molecule has 6 nitrogen and oxygen atoms in total. The lowest BCUT2D eigenvalue weighted by molar-refractivity contribution is 0.251. The van der Waals surface area contributed by atoms with Gasteiger partial charge in [0.05, 0.1) is 0 Å². The Hall–Kier alpha value is -2.37. The normalized spacial score (nSPS) is 10.2. The van der Waals surface area contributed by atoms with Crippen LogP contribution in [0.15, 0.2) is 36.8 Å². The number of hydrogen-bond donors (Lipinski definition) is 2. The maximum Gasteiger partial charge on any atom is 0.320 e. The SMILES string of the molecule is Cc1ccnc(NC(=O)NCCCn2cccn2)c1. The van der Waals surface area contributed by atoms with Crippen LogP contribution in [-0.4, -0.2) is 27.3 Å². The summed E-state index contributed by atoms with van der Waals surface area (Å²) in [6.07, 6.45) is 6.14. The zero-order valence-electron chi connectivity index (χ0n) is 10.8. The monoisotopic (exact) mass is 259 g/mol. The summed E-state index contributed by atoms with van der Waals surface area (Å²) >= 11 is 0. The third-order valence-corrected chi connectivity index (χ3v) is 2.57. The molecule has 0 aromatic carbocycles. The lowest BCUT2D eigenvalue weighted by Gasteiger charge is -2.07. The van der Waals surface area contributed by atoms with E-state index in [0.29, 0.717) is 12.4 Å². The van der Waals surface area contributed by atoms with Crippen LogP contribution in [0.5, 0.6) is 0 Å². The van der Waals surface area contributed by atoms with Crippen molar-refractivity contribution in [2.24, 2.45) is 0 Å². The molecule has 0 aliphatic heterocycles. The highest BCUT2D eigenvalue weighted by molar-refractivity contribution is 5.88. The molecule has 2 heterocycles. The largest absolute Gasteiger partial charge is 0.338 e. The van der Waals surface area contributed by atoms with Crippen LogP contribution in [0, 0.1) is 6.92 Å². The van der Waals surface area contributed by atoms with E-state index in [1.807, 2.05) is 36.0 Å². The maximum atomic E-state index is 11.6. The highest BCUT2D eigenvalue weighted by atomic mass is 16.2. The lowest BCUT2D eigenvalue weighted by Crippen LogP contribution is -2.30. The second-order valence-electron chi connectivity index (χ2n) is 4.22. The summed E-state index contributed by atoms with van der Waals surface area (Å²) in [4.78, 5) is 15.7. The van der Waals surface area contributed by atoms with Gasteiger partial charge in [0.25, 0.3) is 0 Å². The van der Waals surface area contributed by atoms with Gasteiger partial charge in [0.1, 0.15) is 5.82 Å². The van der Waals surface area contributed by atoms with E-state index < -0.39 is 0 Å². The zero-order chi connectivity index (χ0) is 13.5. The first-order valence-corrected chi connectivity index (χ1v) is 6.19. The van der Waals surface area contributed by atoms with Crippen molar-refractivity contribution >= 4 is 11.8 Å². The molecule has 0 spiro atoms. The van der Waals surface area contributed by atoms with Crippen LogP contribution in [0.3, 0.4) is 0 Å². The minimum absolute atomic E-state index is 0.237. The maximum absolute atomic E-state index is 11.6. The Balaban J connectivity index is 1.67. The average molecular weight is 259 g/mol. The van der Waals surface area contributed by atoms with Gasteiger partial charge in [-0.25, -0.2) is 9.78 Å². The molecular weight excluding hydrogens is 242 g/mol. The highest BCUT2D eigenvalue weighted by Gasteiger charge is 2.01. The number of carbonyl (C=O) groups is 1. The summed E-state index contributed by atoms with van der Waals surface area (Å²) in [5.74, 6) is 0.560. The number of nitrogens with one attached hydrogen (secondary N) is 2. The van der Waals surface area contributed by atoms with E-state index in [4.69, 9.17) is 0 Å². The third-order valence-electron chi connectivity index (χ3n) is 2.57. The van der Waals surface area contributed by atoms with Gasteiger partial charge in [0.15, 0.2) is 0 Å². The summed E-state index contributed by atoms with van der Waals surface area (Å²) in [6.45, 7) is 3.34. The van der Waals surface area contributed by atoms with E-state index >= 15 is 0 Å². The van der Waals surface area contributed by atoms with Crippen molar-refractivity contribution in [3.8, 4) is 0 Å². The number of aryl methyl sites for hydroxylation is 2. The van der Waals surface area contributed by atoms with E-state index in [1.54, 1.807) is 12.4 Å². The van der Waals surface area contributed by atoms with Crippen LogP contribution >= 0.6 is 0 Å². The summed E-state index contributed by atoms with van der Waals surface area (Å²) < 4.78 is 1.84. The van der Waals surface area contributed by atoms with Gasteiger partial charge < -0.3 is 5.32 Å². The number of nitrogens with zero attached hydrogens (tertiary/aromatic N) is 3. The standard InChI is InChI=1S/C13H17N5O/c1-11-4-7-14-12(10-11)17-13(19)15-5-2-8-18-9-3-6-16-18/h3-4,6-7,9-10H,2,5,8H2,1H3,(H2,14,15,17,19). The van der Waals surface area contributed by atoms with Crippen molar-refractivity contribution < 1.29 is 4.79 Å². The number of urea groups is 1. The summed E-state index contributed by atoms with van der Waals surface area (Å²) in [7, 11) is 0. The molecule has 19 heavy (non-hydrogen) atoms. The van der Waals surface area contributed by atoms with Gasteiger partial charge in [-0.3, -0.25) is 10.00 Å². The van der Waals surface area contributed by atoms with E-state index in [2.05, 4.69) is 20.7 Å². The number of rotatable bonds is 5. The van der Waals surface area contributed by atoms with Crippen molar-refractivity contribution in [2.45, 2.75) is 19.9 Å². The number of pyridine rings is 1. The van der Waals surface area contributed by atoms with Gasteiger partial charge in [-0.1, -0.05) is 0 Å². The molecule has 0 aliphatic carbocycles.